The number of hydrogen-bond donors (Lipinski definition) is 1. The average molecular weight is 458 g/mol. The summed E-state index contributed by atoms with van der Waals surface area (Å²) in [7, 11) is 2.46. The van der Waals surface area contributed by atoms with Crippen LogP contribution in [0, 0.1) is 5.82 Å². The highest BCUT2D eigenvalue weighted by atomic mass is 35.5. The minimum Gasteiger partial charge on any atom is -0.457 e. The smallest absolute Gasteiger partial charge is 0.414 e. The van der Waals surface area contributed by atoms with Crippen molar-refractivity contribution >= 4 is 46.5 Å². The fourth-order valence-electron chi connectivity index (χ4n) is 3.40. The van der Waals surface area contributed by atoms with Crippen LogP contribution in [0.15, 0.2) is 12.1 Å². The summed E-state index contributed by atoms with van der Waals surface area (Å²) in [5.41, 5.74) is 0.487. The SMILES string of the molecule is COC(=O)Cl.COC(=O)NCC1CN(c2cc(F)c3c(c2)CC(=O)N3C2CC2)C(=O)O1. The molecule has 168 valence electrons. The summed E-state index contributed by atoms with van der Waals surface area (Å²) in [5.74, 6) is -0.623. The fraction of sp³-hybridized carbons (Fsp3) is 0.474. The third kappa shape index (κ3) is 5.16. The van der Waals surface area contributed by atoms with Crippen LogP contribution >= 0.6 is 11.6 Å². The largest absolute Gasteiger partial charge is 0.457 e. The first-order valence-electron chi connectivity index (χ1n) is 9.43. The van der Waals surface area contributed by atoms with Crippen LogP contribution in [-0.2, 0) is 25.4 Å². The Morgan fingerprint density at radius 2 is 1.94 bits per heavy atom. The Hall–Kier alpha value is -3.08. The molecule has 1 unspecified atom stereocenters. The lowest BCUT2D eigenvalue weighted by Crippen LogP contribution is -2.34. The van der Waals surface area contributed by atoms with E-state index in [0.717, 1.165) is 12.8 Å². The Kier molecular flexibility index (Phi) is 6.84. The predicted molar refractivity (Wildman–Crippen MR) is 107 cm³/mol. The summed E-state index contributed by atoms with van der Waals surface area (Å²) in [6.07, 6.45) is 0.0975. The van der Waals surface area contributed by atoms with Gasteiger partial charge in [-0.2, -0.15) is 0 Å². The van der Waals surface area contributed by atoms with Crippen LogP contribution in [-0.4, -0.2) is 63.0 Å². The van der Waals surface area contributed by atoms with Crippen molar-refractivity contribution in [3.05, 3.63) is 23.5 Å². The van der Waals surface area contributed by atoms with Crippen LogP contribution in [0.3, 0.4) is 0 Å². The van der Waals surface area contributed by atoms with Gasteiger partial charge in [-0.3, -0.25) is 9.69 Å². The van der Waals surface area contributed by atoms with Crippen LogP contribution in [0.1, 0.15) is 18.4 Å². The molecule has 1 saturated carbocycles. The van der Waals surface area contributed by atoms with Crippen molar-refractivity contribution < 1.29 is 37.8 Å². The number of rotatable bonds is 4. The number of methoxy groups -OCH3 is 2. The topological polar surface area (TPSA) is 114 Å². The number of halogens is 2. The van der Waals surface area contributed by atoms with Gasteiger partial charge in [0.2, 0.25) is 5.91 Å². The molecule has 1 aromatic rings. The highest BCUT2D eigenvalue weighted by Crippen LogP contribution is 2.42. The third-order valence-corrected chi connectivity index (χ3v) is 5.05. The van der Waals surface area contributed by atoms with Crippen molar-refractivity contribution in [2.45, 2.75) is 31.4 Å². The maximum Gasteiger partial charge on any atom is 0.414 e. The first-order valence-corrected chi connectivity index (χ1v) is 9.80. The van der Waals surface area contributed by atoms with Crippen LogP contribution in [0.25, 0.3) is 0 Å². The third-order valence-electron chi connectivity index (χ3n) is 4.90. The number of nitrogens with zero attached hydrogens (tertiary/aromatic N) is 2. The lowest BCUT2D eigenvalue weighted by Gasteiger charge is -2.19. The first-order chi connectivity index (χ1) is 14.7. The van der Waals surface area contributed by atoms with Crippen molar-refractivity contribution in [2.75, 3.05) is 37.1 Å². The molecule has 1 saturated heterocycles. The van der Waals surface area contributed by atoms with Gasteiger partial charge in [-0.1, -0.05) is 0 Å². The van der Waals surface area contributed by atoms with E-state index in [1.54, 1.807) is 11.0 Å². The van der Waals surface area contributed by atoms with Gasteiger partial charge in [-0.25, -0.2) is 18.8 Å². The number of anilines is 2. The quantitative estimate of drug-likeness (QED) is 0.545. The summed E-state index contributed by atoms with van der Waals surface area (Å²) in [6, 6.07) is 3.01. The number of hydrogen-bond acceptors (Lipinski definition) is 7. The molecule has 31 heavy (non-hydrogen) atoms. The molecule has 0 aromatic heterocycles. The van der Waals surface area contributed by atoms with E-state index in [1.807, 2.05) is 0 Å². The van der Waals surface area contributed by atoms with Gasteiger partial charge in [0.1, 0.15) is 11.9 Å². The molecule has 3 amide bonds. The first kappa shape index (κ1) is 22.6. The highest BCUT2D eigenvalue weighted by molar-refractivity contribution is 6.61. The maximum atomic E-state index is 14.7. The van der Waals surface area contributed by atoms with Gasteiger partial charge in [0.15, 0.2) is 0 Å². The van der Waals surface area contributed by atoms with E-state index >= 15 is 0 Å². The Morgan fingerprint density at radius 1 is 1.26 bits per heavy atom. The molecule has 2 aliphatic heterocycles. The molecule has 1 atom stereocenters. The number of cyclic esters (lactones) is 1. The fourth-order valence-corrected chi connectivity index (χ4v) is 3.40. The van der Waals surface area contributed by atoms with Gasteiger partial charge < -0.3 is 24.4 Å². The van der Waals surface area contributed by atoms with E-state index in [0.29, 0.717) is 16.9 Å². The molecular formula is C19H21ClFN3O7. The molecule has 4 rings (SSSR count). The van der Waals surface area contributed by atoms with Gasteiger partial charge >= 0.3 is 17.6 Å². The van der Waals surface area contributed by atoms with Crippen molar-refractivity contribution in [3.8, 4) is 0 Å². The number of ether oxygens (including phenoxy) is 3. The van der Waals surface area contributed by atoms with Crippen LogP contribution < -0.4 is 15.1 Å². The predicted octanol–water partition coefficient (Wildman–Crippen LogP) is 2.55. The van der Waals surface area contributed by atoms with Crippen LogP contribution in [0.5, 0.6) is 0 Å². The molecule has 1 N–H and O–H groups in total. The molecule has 0 radical (unpaired) electrons. The molecular weight excluding hydrogens is 437 g/mol. The van der Waals surface area contributed by atoms with Gasteiger partial charge in [0.25, 0.3) is 0 Å². The number of nitrogens with one attached hydrogen (secondary N) is 1. The summed E-state index contributed by atoms with van der Waals surface area (Å²) >= 11 is 4.60. The summed E-state index contributed by atoms with van der Waals surface area (Å²) in [5, 5.41) is 2.46. The number of carbonyl (C=O) groups excluding carboxylic acids is 4. The molecule has 1 aromatic carbocycles. The number of benzene rings is 1. The molecule has 12 heteroatoms. The lowest BCUT2D eigenvalue weighted by atomic mass is 10.1. The monoisotopic (exact) mass is 457 g/mol. The highest BCUT2D eigenvalue weighted by Gasteiger charge is 2.41. The Labute approximate surface area is 182 Å². The van der Waals surface area contributed by atoms with Gasteiger partial charge in [0.05, 0.1) is 45.1 Å². The standard InChI is InChI=1S/C17H18FN3O5.C2H3ClO2/c1-25-16(23)19-7-12-8-20(17(24)26-12)11-4-9-5-14(22)21(10-2-3-10)15(9)13(18)6-11;1-5-2(3)4/h4,6,10,12H,2-3,5,7-8H2,1H3,(H,19,23);1H3. The zero-order valence-corrected chi connectivity index (χ0v) is 17.6. The summed E-state index contributed by atoms with van der Waals surface area (Å²) < 4.78 is 28.2. The molecule has 0 spiro atoms. The zero-order valence-electron chi connectivity index (χ0n) is 16.9. The van der Waals surface area contributed by atoms with Gasteiger partial charge in [-0.05, 0) is 30.5 Å². The maximum absolute atomic E-state index is 14.7. The average Bonchev–Trinajstić information content (AvgIpc) is 3.41. The zero-order chi connectivity index (χ0) is 22.7. The second kappa shape index (κ2) is 9.38. The van der Waals surface area contributed by atoms with Crippen molar-refractivity contribution in [1.29, 1.82) is 0 Å². The number of carbonyl (C=O) groups is 4. The minimum absolute atomic E-state index is 0.0922. The molecule has 10 nitrogen and oxygen atoms in total. The number of fused-ring (bicyclic) bond motifs is 1. The number of amides is 3. The van der Waals surface area contributed by atoms with Gasteiger partial charge in [0, 0.05) is 17.6 Å². The van der Waals surface area contributed by atoms with Crippen LogP contribution in [0.4, 0.5) is 30.1 Å². The second-order valence-electron chi connectivity index (χ2n) is 7.04. The van der Waals surface area contributed by atoms with Crippen molar-refractivity contribution in [3.63, 3.8) is 0 Å². The molecule has 0 bridgehead atoms. The summed E-state index contributed by atoms with van der Waals surface area (Å²) in [6.45, 7) is 0.262. The summed E-state index contributed by atoms with van der Waals surface area (Å²) in [4.78, 5) is 47.6. The molecule has 1 aliphatic carbocycles. The normalized spacial score (nSPS) is 19.3. The lowest BCUT2D eigenvalue weighted by molar-refractivity contribution is -0.117. The molecule has 3 aliphatic rings. The van der Waals surface area contributed by atoms with Gasteiger partial charge in [-0.15, -0.1) is 0 Å². The van der Waals surface area contributed by atoms with Crippen molar-refractivity contribution in [1.82, 2.24) is 5.32 Å². The van der Waals surface area contributed by atoms with Crippen molar-refractivity contribution in [2.24, 2.45) is 0 Å². The molecule has 2 fully saturated rings. The Bertz CT molecular complexity index is 909. The molecule has 2 heterocycles. The second-order valence-corrected chi connectivity index (χ2v) is 7.35. The van der Waals surface area contributed by atoms with E-state index in [2.05, 4.69) is 26.4 Å². The van der Waals surface area contributed by atoms with Crippen LogP contribution in [0.2, 0.25) is 0 Å². The van der Waals surface area contributed by atoms with E-state index in [9.17, 15) is 23.6 Å². The van der Waals surface area contributed by atoms with E-state index < -0.39 is 29.5 Å². The Balaban J connectivity index is 0.000000491. The Morgan fingerprint density at radius 3 is 2.52 bits per heavy atom. The number of alkyl carbamates (subject to hydrolysis) is 1. The minimum atomic E-state index is -0.773. The van der Waals surface area contributed by atoms with E-state index in [1.165, 1.54) is 25.2 Å². The van der Waals surface area contributed by atoms with E-state index in [-0.39, 0.29) is 31.5 Å². The van der Waals surface area contributed by atoms with E-state index in [4.69, 9.17) is 4.74 Å².